The molecule has 0 rings (SSSR count). The summed E-state index contributed by atoms with van der Waals surface area (Å²) in [6.07, 6.45) is 0. The maximum Gasteiger partial charge on any atom is 0.290 e. The molecule has 0 unspecified atom stereocenters. The van der Waals surface area contributed by atoms with Gasteiger partial charge in [0.25, 0.3) is 19.4 Å². The van der Waals surface area contributed by atoms with Gasteiger partial charge in [0, 0.05) is 37.7 Å². The van der Waals surface area contributed by atoms with Crippen LogP contribution >= 0.6 is 0 Å². The SMILES string of the molecule is O=CO.O=CO.O=CO.[Ho]. The largest absolute Gasteiger partial charge is 0.483 e. The minimum Gasteiger partial charge on any atom is -0.483 e. The summed E-state index contributed by atoms with van der Waals surface area (Å²) in [5.41, 5.74) is 0. The molecule has 0 spiro atoms. The first-order valence-corrected chi connectivity index (χ1v) is 1.48. The van der Waals surface area contributed by atoms with Gasteiger partial charge in [0.2, 0.25) is 0 Å². The van der Waals surface area contributed by atoms with Gasteiger partial charge in [-0.15, -0.1) is 0 Å². The molecule has 0 heterocycles. The van der Waals surface area contributed by atoms with E-state index in [-0.39, 0.29) is 57.2 Å². The second kappa shape index (κ2) is 71.6. The smallest absolute Gasteiger partial charge is 0.290 e. The summed E-state index contributed by atoms with van der Waals surface area (Å²) >= 11 is 0. The molecule has 0 aromatic carbocycles. The minimum absolute atomic E-state index is 0. The molecule has 0 aliphatic rings. The van der Waals surface area contributed by atoms with Crippen molar-refractivity contribution in [3.8, 4) is 0 Å². The quantitative estimate of drug-likeness (QED) is 0.395. The van der Waals surface area contributed by atoms with Crippen LogP contribution in [-0.2, 0) is 14.4 Å². The van der Waals surface area contributed by atoms with Gasteiger partial charge in [-0.2, -0.15) is 0 Å². The summed E-state index contributed by atoms with van der Waals surface area (Å²) in [6, 6.07) is 0. The van der Waals surface area contributed by atoms with E-state index >= 15 is 0 Å². The van der Waals surface area contributed by atoms with Crippen molar-refractivity contribution in [1.29, 1.82) is 0 Å². The zero-order chi connectivity index (χ0) is 8.12. The first-order chi connectivity index (χ1) is 4.24. The molecule has 1 radical (unpaired) electrons. The maximum atomic E-state index is 8.36. The van der Waals surface area contributed by atoms with E-state index in [9.17, 15) is 0 Å². The maximum absolute atomic E-state index is 8.36. The molecule has 0 saturated carbocycles. The van der Waals surface area contributed by atoms with Crippen molar-refractivity contribution >= 4 is 19.4 Å². The van der Waals surface area contributed by atoms with Crippen molar-refractivity contribution in [2.45, 2.75) is 0 Å². The van der Waals surface area contributed by atoms with Crippen molar-refractivity contribution < 1.29 is 67.4 Å². The van der Waals surface area contributed by atoms with Crippen LogP contribution in [0.4, 0.5) is 0 Å². The van der Waals surface area contributed by atoms with E-state index in [4.69, 9.17) is 29.7 Å². The molecular formula is C3H6HoO6. The van der Waals surface area contributed by atoms with Crippen LogP contribution in [0.1, 0.15) is 0 Å². The Morgan fingerprint density at radius 1 is 0.700 bits per heavy atom. The fourth-order valence-electron chi connectivity index (χ4n) is 0. The zero-order valence-electron chi connectivity index (χ0n) is 4.60. The third-order valence-electron chi connectivity index (χ3n) is 0. The molecule has 10 heavy (non-hydrogen) atoms. The van der Waals surface area contributed by atoms with E-state index in [1.807, 2.05) is 0 Å². The van der Waals surface area contributed by atoms with Crippen LogP contribution in [0, 0.1) is 37.7 Å². The molecule has 0 aromatic rings. The van der Waals surface area contributed by atoms with Crippen LogP contribution in [-0.4, -0.2) is 34.7 Å². The van der Waals surface area contributed by atoms with Crippen molar-refractivity contribution in [2.75, 3.05) is 0 Å². The van der Waals surface area contributed by atoms with Crippen LogP contribution in [0.2, 0.25) is 0 Å². The standard InChI is InChI=1S/3CH2O2.Ho/c3*2-1-3;/h3*1H,(H,2,3);. The second-order valence-electron chi connectivity index (χ2n) is 0.316. The third kappa shape index (κ3) is 3130. The Kier molecular flexibility index (Phi) is 162. The summed E-state index contributed by atoms with van der Waals surface area (Å²) in [7, 11) is 0. The Morgan fingerprint density at radius 3 is 0.700 bits per heavy atom. The minimum atomic E-state index is -0.250. The summed E-state index contributed by atoms with van der Waals surface area (Å²) in [5.74, 6) is 0. The van der Waals surface area contributed by atoms with Crippen molar-refractivity contribution in [1.82, 2.24) is 0 Å². The average molecular weight is 303 g/mol. The van der Waals surface area contributed by atoms with E-state index in [1.165, 1.54) is 0 Å². The van der Waals surface area contributed by atoms with Crippen LogP contribution in [0.15, 0.2) is 0 Å². The topological polar surface area (TPSA) is 112 Å². The van der Waals surface area contributed by atoms with Gasteiger partial charge < -0.3 is 15.3 Å². The Balaban J connectivity index is -0.0000000257. The van der Waals surface area contributed by atoms with Crippen LogP contribution < -0.4 is 0 Å². The fourth-order valence-corrected chi connectivity index (χ4v) is 0. The molecule has 0 aliphatic heterocycles. The Labute approximate surface area is 86.5 Å². The van der Waals surface area contributed by atoms with Crippen molar-refractivity contribution in [3.63, 3.8) is 0 Å². The predicted octanol–water partition coefficient (Wildman–Crippen LogP) is -0.898. The van der Waals surface area contributed by atoms with Crippen LogP contribution in [0.25, 0.3) is 0 Å². The second-order valence-corrected chi connectivity index (χ2v) is 0.316. The molecule has 0 amide bonds. The van der Waals surface area contributed by atoms with Crippen molar-refractivity contribution in [2.24, 2.45) is 0 Å². The van der Waals surface area contributed by atoms with Crippen LogP contribution in [0.3, 0.4) is 0 Å². The zero-order valence-corrected chi connectivity index (χ0v) is 6.53. The molecule has 0 aromatic heterocycles. The van der Waals surface area contributed by atoms with E-state index in [1.54, 1.807) is 0 Å². The molecule has 0 saturated heterocycles. The Bertz CT molecular complexity index is 49.7. The average Bonchev–Trinajstić information content (AvgIpc) is 1.70. The van der Waals surface area contributed by atoms with Gasteiger partial charge in [-0.05, 0) is 0 Å². The van der Waals surface area contributed by atoms with E-state index < -0.39 is 0 Å². The van der Waals surface area contributed by atoms with Gasteiger partial charge in [0.15, 0.2) is 0 Å². The van der Waals surface area contributed by atoms with E-state index in [2.05, 4.69) is 0 Å². The van der Waals surface area contributed by atoms with Crippen molar-refractivity contribution in [3.05, 3.63) is 0 Å². The molecular weight excluding hydrogens is 297 g/mol. The van der Waals surface area contributed by atoms with E-state index in [0.29, 0.717) is 0 Å². The number of hydrogen-bond acceptors (Lipinski definition) is 3. The number of rotatable bonds is 0. The van der Waals surface area contributed by atoms with Gasteiger partial charge in [-0.1, -0.05) is 0 Å². The summed E-state index contributed by atoms with van der Waals surface area (Å²) in [5, 5.41) is 20.7. The number of carbonyl (C=O) groups is 3. The van der Waals surface area contributed by atoms with Gasteiger partial charge >= 0.3 is 0 Å². The molecule has 0 bridgehead atoms. The Hall–Kier alpha value is -0.330. The summed E-state index contributed by atoms with van der Waals surface area (Å²) in [4.78, 5) is 25.1. The van der Waals surface area contributed by atoms with Gasteiger partial charge in [0.05, 0.1) is 0 Å². The van der Waals surface area contributed by atoms with Gasteiger partial charge in [-0.3, -0.25) is 14.4 Å². The van der Waals surface area contributed by atoms with E-state index in [0.717, 1.165) is 0 Å². The first kappa shape index (κ1) is 22.6. The molecule has 3 N–H and O–H groups in total. The molecule has 0 aliphatic carbocycles. The fraction of sp³-hybridized carbons (Fsp3) is 0. The summed E-state index contributed by atoms with van der Waals surface area (Å²) < 4.78 is 0. The third-order valence-corrected chi connectivity index (χ3v) is 0. The molecule has 0 fully saturated rings. The molecule has 0 atom stereocenters. The molecule has 65 valence electrons. The number of hydrogen-bond donors (Lipinski definition) is 3. The normalized spacial score (nSPS) is 3.60. The number of carboxylic acid groups (broad SMARTS) is 3. The first-order valence-electron chi connectivity index (χ1n) is 1.48. The molecule has 6 nitrogen and oxygen atoms in total. The predicted molar refractivity (Wildman–Crippen MR) is 26.1 cm³/mol. The Morgan fingerprint density at radius 2 is 0.700 bits per heavy atom. The monoisotopic (exact) mass is 303 g/mol. The van der Waals surface area contributed by atoms with Gasteiger partial charge in [-0.25, -0.2) is 0 Å². The van der Waals surface area contributed by atoms with Crippen LogP contribution in [0.5, 0.6) is 0 Å². The van der Waals surface area contributed by atoms with Gasteiger partial charge in [0.1, 0.15) is 0 Å². The summed E-state index contributed by atoms with van der Waals surface area (Å²) in [6.45, 7) is -0.750. The molecule has 7 heteroatoms.